The number of halogens is 1. The molecule has 1 aliphatic rings. The van der Waals surface area contributed by atoms with E-state index in [-0.39, 0.29) is 5.41 Å². The topological polar surface area (TPSA) is 0 Å². The van der Waals surface area contributed by atoms with Gasteiger partial charge in [-0.05, 0) is 24.2 Å². The predicted octanol–water partition coefficient (Wildman–Crippen LogP) is 2.78. The summed E-state index contributed by atoms with van der Waals surface area (Å²) in [6, 6.07) is 0. The van der Waals surface area contributed by atoms with Gasteiger partial charge >= 0.3 is 0 Å². The molecule has 0 aliphatic heterocycles. The lowest BCUT2D eigenvalue weighted by Gasteiger charge is -2.22. The first kappa shape index (κ1) is 7.04. The molecule has 0 heterocycles. The lowest BCUT2D eigenvalue weighted by atomic mass is 9.87. The number of hydrogen-bond donors (Lipinski definition) is 0. The molecule has 54 valence electrons. The zero-order valence-electron chi connectivity index (χ0n) is 6.45. The zero-order chi connectivity index (χ0) is 7.07. The highest BCUT2D eigenvalue weighted by molar-refractivity contribution is 4.88. The Balaban J connectivity index is 2.40. The summed E-state index contributed by atoms with van der Waals surface area (Å²) >= 11 is 0. The van der Waals surface area contributed by atoms with Crippen LogP contribution in [-0.2, 0) is 0 Å². The molecule has 1 aliphatic carbocycles. The first-order valence-electron chi connectivity index (χ1n) is 3.66. The Morgan fingerprint density at radius 1 is 1.33 bits per heavy atom. The van der Waals surface area contributed by atoms with Crippen LogP contribution in [0, 0.1) is 11.3 Å². The Hall–Kier alpha value is -0.0700. The van der Waals surface area contributed by atoms with Crippen molar-refractivity contribution in [3.05, 3.63) is 0 Å². The average Bonchev–Trinajstić information content (AvgIpc) is 2.40. The summed E-state index contributed by atoms with van der Waals surface area (Å²) in [6.45, 7) is 5.90. The van der Waals surface area contributed by atoms with Crippen molar-refractivity contribution in [3.8, 4) is 0 Å². The normalized spacial score (nSPS) is 24.0. The molecule has 0 nitrogen and oxygen atoms in total. The van der Waals surface area contributed by atoms with Gasteiger partial charge in [0.2, 0.25) is 0 Å². The van der Waals surface area contributed by atoms with E-state index in [2.05, 4.69) is 0 Å². The second-order valence-corrected chi connectivity index (χ2v) is 4.11. The van der Waals surface area contributed by atoms with Gasteiger partial charge in [-0.15, -0.1) is 0 Å². The van der Waals surface area contributed by atoms with Gasteiger partial charge in [0.05, 0.1) is 0 Å². The van der Waals surface area contributed by atoms with Gasteiger partial charge in [0.1, 0.15) is 6.17 Å². The van der Waals surface area contributed by atoms with Crippen LogP contribution < -0.4 is 0 Å². The molecule has 1 atom stereocenters. The molecule has 0 spiro atoms. The molecule has 0 aromatic heterocycles. The molecule has 0 N–H and O–H groups in total. The average molecular weight is 130 g/mol. The molecule has 1 unspecified atom stereocenters. The van der Waals surface area contributed by atoms with Gasteiger partial charge in [-0.25, -0.2) is 4.39 Å². The summed E-state index contributed by atoms with van der Waals surface area (Å²) in [7, 11) is 0. The molecule has 0 saturated heterocycles. The quantitative estimate of drug-likeness (QED) is 0.512. The maximum atomic E-state index is 13.1. The number of hydrogen-bond acceptors (Lipinski definition) is 0. The summed E-state index contributed by atoms with van der Waals surface area (Å²) in [4.78, 5) is 0. The third-order valence-corrected chi connectivity index (χ3v) is 1.86. The van der Waals surface area contributed by atoms with Crippen LogP contribution in [0.1, 0.15) is 33.6 Å². The van der Waals surface area contributed by atoms with Crippen LogP contribution in [-0.4, -0.2) is 6.17 Å². The van der Waals surface area contributed by atoms with Crippen molar-refractivity contribution < 1.29 is 4.39 Å². The van der Waals surface area contributed by atoms with Crippen LogP contribution in [0.15, 0.2) is 0 Å². The van der Waals surface area contributed by atoms with E-state index < -0.39 is 6.17 Å². The van der Waals surface area contributed by atoms with Gasteiger partial charge in [-0.2, -0.15) is 0 Å². The lowest BCUT2D eigenvalue weighted by molar-refractivity contribution is 0.139. The van der Waals surface area contributed by atoms with E-state index in [0.29, 0.717) is 5.92 Å². The maximum Gasteiger partial charge on any atom is 0.108 e. The van der Waals surface area contributed by atoms with Crippen molar-refractivity contribution in [2.75, 3.05) is 0 Å². The summed E-state index contributed by atoms with van der Waals surface area (Å²) in [5.74, 6) is 0.394. The predicted molar refractivity (Wildman–Crippen MR) is 37.1 cm³/mol. The molecule has 0 bridgehead atoms. The summed E-state index contributed by atoms with van der Waals surface area (Å²) in [5.41, 5.74) is -0.124. The Morgan fingerprint density at radius 3 is 1.89 bits per heavy atom. The van der Waals surface area contributed by atoms with E-state index in [9.17, 15) is 4.39 Å². The van der Waals surface area contributed by atoms with Crippen LogP contribution in [0.25, 0.3) is 0 Å². The molecule has 0 aromatic rings. The largest absolute Gasteiger partial charge is 0.247 e. The standard InChI is InChI=1S/C8H15F/c1-8(2,3)7(9)6-4-5-6/h6-7H,4-5H2,1-3H3. The second-order valence-electron chi connectivity index (χ2n) is 4.11. The molecular weight excluding hydrogens is 115 g/mol. The minimum Gasteiger partial charge on any atom is -0.247 e. The monoisotopic (exact) mass is 130 g/mol. The van der Waals surface area contributed by atoms with Crippen LogP contribution in [0.3, 0.4) is 0 Å². The van der Waals surface area contributed by atoms with E-state index >= 15 is 0 Å². The fraction of sp³-hybridized carbons (Fsp3) is 1.00. The highest BCUT2D eigenvalue weighted by Crippen LogP contribution is 2.42. The molecule has 0 amide bonds. The molecule has 0 aromatic carbocycles. The third kappa shape index (κ3) is 1.67. The van der Waals surface area contributed by atoms with Crippen LogP contribution in [0.4, 0.5) is 4.39 Å². The second kappa shape index (κ2) is 1.96. The molecule has 1 fully saturated rings. The zero-order valence-corrected chi connectivity index (χ0v) is 6.45. The molecule has 9 heavy (non-hydrogen) atoms. The number of rotatable bonds is 1. The minimum atomic E-state index is -0.572. The Bertz CT molecular complexity index is 97.6. The van der Waals surface area contributed by atoms with Crippen LogP contribution >= 0.6 is 0 Å². The summed E-state index contributed by atoms with van der Waals surface area (Å²) < 4.78 is 13.1. The lowest BCUT2D eigenvalue weighted by Crippen LogP contribution is -2.23. The van der Waals surface area contributed by atoms with Crippen LogP contribution in [0.5, 0.6) is 0 Å². The smallest absolute Gasteiger partial charge is 0.108 e. The summed E-state index contributed by atoms with van der Waals surface area (Å²) in [6.07, 6.45) is 1.65. The van der Waals surface area contributed by atoms with E-state index in [1.54, 1.807) is 0 Å². The first-order valence-corrected chi connectivity index (χ1v) is 3.66. The first-order chi connectivity index (χ1) is 4.02. The molecule has 0 radical (unpaired) electrons. The highest BCUT2D eigenvalue weighted by atomic mass is 19.1. The molecule has 1 heteroatoms. The van der Waals surface area contributed by atoms with Gasteiger partial charge in [0.25, 0.3) is 0 Å². The molecular formula is C8H15F. The van der Waals surface area contributed by atoms with Crippen molar-refractivity contribution in [3.63, 3.8) is 0 Å². The van der Waals surface area contributed by atoms with E-state index in [4.69, 9.17) is 0 Å². The highest BCUT2D eigenvalue weighted by Gasteiger charge is 2.38. The Morgan fingerprint density at radius 2 is 1.78 bits per heavy atom. The summed E-state index contributed by atoms with van der Waals surface area (Å²) in [5, 5.41) is 0. The van der Waals surface area contributed by atoms with E-state index in [0.717, 1.165) is 12.8 Å². The minimum absolute atomic E-state index is 0.124. The van der Waals surface area contributed by atoms with Gasteiger partial charge < -0.3 is 0 Å². The van der Waals surface area contributed by atoms with Crippen molar-refractivity contribution >= 4 is 0 Å². The van der Waals surface area contributed by atoms with Crippen molar-refractivity contribution in [1.29, 1.82) is 0 Å². The SMILES string of the molecule is CC(C)(C)C(F)C1CC1. The Kier molecular flexibility index (Phi) is 1.54. The van der Waals surface area contributed by atoms with E-state index in [1.165, 1.54) is 0 Å². The van der Waals surface area contributed by atoms with Crippen molar-refractivity contribution in [2.24, 2.45) is 11.3 Å². The van der Waals surface area contributed by atoms with Gasteiger partial charge in [-0.1, -0.05) is 20.8 Å². The number of alkyl halides is 1. The fourth-order valence-electron chi connectivity index (χ4n) is 1.10. The van der Waals surface area contributed by atoms with Gasteiger partial charge in [0, 0.05) is 0 Å². The van der Waals surface area contributed by atoms with Crippen LogP contribution in [0.2, 0.25) is 0 Å². The Labute approximate surface area is 56.5 Å². The third-order valence-electron chi connectivity index (χ3n) is 1.86. The maximum absolute atomic E-state index is 13.1. The van der Waals surface area contributed by atoms with E-state index in [1.807, 2.05) is 20.8 Å². The molecule has 1 rings (SSSR count). The fourth-order valence-corrected chi connectivity index (χ4v) is 1.10. The molecule has 1 saturated carbocycles. The van der Waals surface area contributed by atoms with Crippen molar-refractivity contribution in [2.45, 2.75) is 39.8 Å². The van der Waals surface area contributed by atoms with Gasteiger partial charge in [-0.3, -0.25) is 0 Å². The van der Waals surface area contributed by atoms with Crippen molar-refractivity contribution in [1.82, 2.24) is 0 Å². The van der Waals surface area contributed by atoms with Gasteiger partial charge in [0.15, 0.2) is 0 Å².